The van der Waals surface area contributed by atoms with E-state index in [1.54, 1.807) is 23.0 Å². The number of halogens is 4. The molecule has 0 aliphatic heterocycles. The van der Waals surface area contributed by atoms with Gasteiger partial charge < -0.3 is 5.32 Å². The number of nitrogens with zero attached hydrogens (tertiary/aromatic N) is 5. The Balaban J connectivity index is 1.32. The highest BCUT2D eigenvalue weighted by molar-refractivity contribution is 9.10. The molecule has 0 aliphatic rings. The van der Waals surface area contributed by atoms with Crippen molar-refractivity contribution >= 4 is 44.1 Å². The predicted octanol–water partition coefficient (Wildman–Crippen LogP) is 7.14. The van der Waals surface area contributed by atoms with E-state index in [4.69, 9.17) is 0 Å². The first-order valence-corrected chi connectivity index (χ1v) is 13.0. The summed E-state index contributed by atoms with van der Waals surface area (Å²) in [5, 5.41) is 12.8. The van der Waals surface area contributed by atoms with E-state index in [9.17, 15) is 18.0 Å². The van der Waals surface area contributed by atoms with Crippen LogP contribution in [0.4, 0.5) is 19.0 Å². The summed E-state index contributed by atoms with van der Waals surface area (Å²) < 4.78 is 45.0. The Kier molecular flexibility index (Phi) is 6.38. The number of carbonyl (C=O) groups excluding carboxylic acids is 1. The van der Waals surface area contributed by atoms with Gasteiger partial charge in [-0.15, -0.1) is 0 Å². The Labute approximate surface area is 234 Å². The number of benzene rings is 3. The van der Waals surface area contributed by atoms with Gasteiger partial charge in [-0.25, -0.2) is 9.50 Å². The molecule has 40 heavy (non-hydrogen) atoms. The van der Waals surface area contributed by atoms with E-state index < -0.39 is 17.8 Å². The maximum atomic E-state index is 14.1. The van der Waals surface area contributed by atoms with Crippen LogP contribution in [0, 0.1) is 6.92 Å². The summed E-state index contributed by atoms with van der Waals surface area (Å²) in [7, 11) is 0. The lowest BCUT2D eigenvalue weighted by molar-refractivity contribution is -0.142. The molecule has 0 radical (unpaired) electrons. The molecule has 0 aliphatic carbocycles. The van der Waals surface area contributed by atoms with Crippen molar-refractivity contribution in [2.75, 3.05) is 5.32 Å². The number of aryl methyl sites for hydroxylation is 1. The third-order valence-electron chi connectivity index (χ3n) is 6.41. The van der Waals surface area contributed by atoms with Gasteiger partial charge in [0.2, 0.25) is 0 Å². The molecule has 0 bridgehead atoms. The second-order valence-corrected chi connectivity index (χ2v) is 10.2. The molecule has 11 heteroatoms. The first kappa shape index (κ1) is 25.8. The van der Waals surface area contributed by atoms with Crippen molar-refractivity contribution in [1.29, 1.82) is 0 Å². The lowest BCUT2D eigenvalue weighted by Crippen LogP contribution is -2.16. The van der Waals surface area contributed by atoms with Crippen molar-refractivity contribution in [2.45, 2.75) is 19.6 Å². The maximum Gasteiger partial charge on any atom is 0.433 e. The van der Waals surface area contributed by atoms with Gasteiger partial charge in [-0.05, 0) is 51.3 Å². The zero-order valence-corrected chi connectivity index (χ0v) is 22.5. The summed E-state index contributed by atoms with van der Waals surface area (Å²) in [6.07, 6.45) is -3.03. The fourth-order valence-corrected chi connectivity index (χ4v) is 4.81. The summed E-state index contributed by atoms with van der Waals surface area (Å²) in [6.45, 7) is 2.47. The minimum Gasteiger partial charge on any atom is -0.303 e. The van der Waals surface area contributed by atoms with Gasteiger partial charge >= 0.3 is 6.18 Å². The molecule has 0 unspecified atom stereocenters. The lowest BCUT2D eigenvalue weighted by atomic mass is 10.0. The molecule has 7 nitrogen and oxygen atoms in total. The molecule has 6 rings (SSSR count). The van der Waals surface area contributed by atoms with Crippen molar-refractivity contribution in [3.8, 4) is 11.3 Å². The molecule has 3 aromatic heterocycles. The van der Waals surface area contributed by atoms with Crippen molar-refractivity contribution < 1.29 is 18.0 Å². The summed E-state index contributed by atoms with van der Waals surface area (Å²) in [5.41, 5.74) is 1.42. The summed E-state index contributed by atoms with van der Waals surface area (Å²) in [5.74, 6) is -0.498. The zero-order valence-electron chi connectivity index (χ0n) is 20.9. The van der Waals surface area contributed by atoms with Crippen LogP contribution in [0.25, 0.3) is 27.7 Å². The van der Waals surface area contributed by atoms with Crippen LogP contribution in [0.2, 0.25) is 0 Å². The number of amides is 1. The molecule has 0 saturated heterocycles. The topological polar surface area (TPSA) is 77.1 Å². The first-order chi connectivity index (χ1) is 19.1. The normalized spacial score (nSPS) is 11.8. The van der Waals surface area contributed by atoms with Gasteiger partial charge in [0.15, 0.2) is 22.9 Å². The molecule has 1 amide bonds. The van der Waals surface area contributed by atoms with E-state index in [-0.39, 0.29) is 22.9 Å². The van der Waals surface area contributed by atoms with Crippen molar-refractivity contribution in [3.63, 3.8) is 0 Å². The van der Waals surface area contributed by atoms with Crippen LogP contribution in [-0.2, 0) is 12.7 Å². The summed E-state index contributed by atoms with van der Waals surface area (Å²) in [4.78, 5) is 17.4. The number of hydrogen-bond acceptors (Lipinski definition) is 4. The fraction of sp³-hybridized carbons (Fsp3) is 0.103. The summed E-state index contributed by atoms with van der Waals surface area (Å²) >= 11 is 3.38. The largest absolute Gasteiger partial charge is 0.433 e. The number of rotatable bonds is 5. The number of aromatic nitrogens is 5. The van der Waals surface area contributed by atoms with Crippen LogP contribution in [0.3, 0.4) is 0 Å². The zero-order chi connectivity index (χ0) is 28.0. The third-order valence-corrected chi connectivity index (χ3v) is 6.99. The average Bonchev–Trinajstić information content (AvgIpc) is 3.51. The second-order valence-electron chi connectivity index (χ2n) is 9.35. The highest BCUT2D eigenvalue weighted by atomic mass is 79.9. The number of nitrogens with one attached hydrogen (secondary N) is 1. The van der Waals surface area contributed by atoms with Gasteiger partial charge in [0, 0.05) is 17.8 Å². The van der Waals surface area contributed by atoms with E-state index >= 15 is 0 Å². The van der Waals surface area contributed by atoms with Gasteiger partial charge in [0.25, 0.3) is 5.91 Å². The average molecular weight is 605 g/mol. The SMILES string of the molecule is Cc1ccc(Cn2cc(Br)c(NC(=O)c3cc4nc(-c5ccc6ccccc6c5)cc(C(F)(F)F)n4n3)n2)cc1. The van der Waals surface area contributed by atoms with E-state index in [2.05, 4.69) is 36.4 Å². The smallest absolute Gasteiger partial charge is 0.303 e. The number of alkyl halides is 3. The van der Waals surface area contributed by atoms with E-state index in [1.807, 2.05) is 61.5 Å². The van der Waals surface area contributed by atoms with Crippen LogP contribution >= 0.6 is 15.9 Å². The molecule has 3 aromatic carbocycles. The molecule has 200 valence electrons. The molecule has 0 saturated carbocycles. The van der Waals surface area contributed by atoms with Gasteiger partial charge in [0.1, 0.15) is 0 Å². The van der Waals surface area contributed by atoms with Crippen LogP contribution in [0.1, 0.15) is 27.3 Å². The third kappa shape index (κ3) is 5.07. The van der Waals surface area contributed by atoms with Crippen LogP contribution < -0.4 is 5.32 Å². The Morgan fingerprint density at radius 3 is 2.45 bits per heavy atom. The molecule has 0 atom stereocenters. The minimum atomic E-state index is -4.73. The van der Waals surface area contributed by atoms with Gasteiger partial charge in [-0.3, -0.25) is 9.48 Å². The predicted molar refractivity (Wildman–Crippen MR) is 149 cm³/mol. The van der Waals surface area contributed by atoms with Crippen molar-refractivity contribution in [3.05, 3.63) is 112 Å². The highest BCUT2D eigenvalue weighted by Crippen LogP contribution is 2.33. The number of anilines is 1. The Bertz CT molecular complexity index is 1890. The van der Waals surface area contributed by atoms with E-state index in [0.717, 1.165) is 28.0 Å². The summed E-state index contributed by atoms with van der Waals surface area (Å²) in [6, 6.07) is 23.0. The number of hydrogen-bond donors (Lipinski definition) is 1. The second kappa shape index (κ2) is 9.91. The van der Waals surface area contributed by atoms with Gasteiger partial charge in [0.05, 0.1) is 16.7 Å². The number of carbonyl (C=O) groups is 1. The van der Waals surface area contributed by atoms with Crippen LogP contribution in [-0.4, -0.2) is 30.3 Å². The lowest BCUT2D eigenvalue weighted by Gasteiger charge is -2.11. The molecular weight excluding hydrogens is 585 g/mol. The highest BCUT2D eigenvalue weighted by Gasteiger charge is 2.35. The Morgan fingerprint density at radius 1 is 0.950 bits per heavy atom. The minimum absolute atomic E-state index is 0.105. The van der Waals surface area contributed by atoms with E-state index in [0.29, 0.717) is 21.1 Å². The number of fused-ring (bicyclic) bond motifs is 2. The van der Waals surface area contributed by atoms with Gasteiger partial charge in [-0.1, -0.05) is 66.2 Å². The Morgan fingerprint density at radius 2 is 1.70 bits per heavy atom. The van der Waals surface area contributed by atoms with Crippen molar-refractivity contribution in [1.82, 2.24) is 24.4 Å². The molecule has 0 spiro atoms. The van der Waals surface area contributed by atoms with Crippen LogP contribution in [0.15, 0.2) is 89.5 Å². The molecule has 0 fully saturated rings. The van der Waals surface area contributed by atoms with Crippen molar-refractivity contribution in [2.24, 2.45) is 0 Å². The molecule has 3 heterocycles. The van der Waals surface area contributed by atoms with E-state index in [1.165, 1.54) is 6.07 Å². The molecular formula is C29H20BrF3N6O. The quantitative estimate of drug-likeness (QED) is 0.227. The Hall–Kier alpha value is -4.51. The van der Waals surface area contributed by atoms with Gasteiger partial charge in [-0.2, -0.15) is 23.4 Å². The maximum absolute atomic E-state index is 14.1. The standard InChI is InChI=1S/C29H20BrF3N6O/c1-17-6-8-18(9-7-17)15-38-16-22(30)27(37-38)35-28(40)24-14-26-34-23(13-25(29(31,32)33)39(26)36-24)21-11-10-19-4-2-3-5-20(19)12-21/h2-14,16H,15H2,1H3,(H,35,37,40). The molecule has 1 N–H and O–H groups in total. The first-order valence-electron chi connectivity index (χ1n) is 12.2. The van der Waals surface area contributed by atoms with Crippen LogP contribution in [0.5, 0.6) is 0 Å². The molecule has 6 aromatic rings. The fourth-order valence-electron chi connectivity index (χ4n) is 4.40. The monoisotopic (exact) mass is 604 g/mol.